The first-order valence-corrected chi connectivity index (χ1v) is 8.10. The molecule has 0 bridgehead atoms. The third-order valence-corrected chi connectivity index (χ3v) is 4.38. The molecule has 1 aromatic heterocycles. The molecule has 128 valence electrons. The summed E-state index contributed by atoms with van der Waals surface area (Å²) >= 11 is 2.00. The number of hydrogen-bond acceptors (Lipinski definition) is 5. The molecule has 0 radical (unpaired) electrons. The van der Waals surface area contributed by atoms with Gasteiger partial charge in [-0.25, -0.2) is 0 Å². The Hall–Kier alpha value is -0.470. The number of amides is 1. The molecule has 22 heavy (non-hydrogen) atoms. The summed E-state index contributed by atoms with van der Waals surface area (Å²) in [6, 6.07) is -0.333. The number of hydrogen-bond donors (Lipinski definition) is 2. The van der Waals surface area contributed by atoms with Gasteiger partial charge in [0.05, 0.1) is 6.20 Å². The quantitative estimate of drug-likeness (QED) is 0.772. The molecule has 1 amide bonds. The fraction of sp³-hybridized carbons (Fsp3) is 0.692. The van der Waals surface area contributed by atoms with Crippen molar-refractivity contribution in [3.8, 4) is 0 Å². The summed E-state index contributed by atoms with van der Waals surface area (Å²) in [4.78, 5) is 14.6. The minimum absolute atomic E-state index is 0. The van der Waals surface area contributed by atoms with E-state index in [2.05, 4.69) is 20.6 Å². The summed E-state index contributed by atoms with van der Waals surface area (Å²) in [6.07, 6.45) is 3.59. The number of aromatic nitrogens is 2. The molecule has 0 aliphatic carbocycles. The highest BCUT2D eigenvalue weighted by Crippen LogP contribution is 2.11. The summed E-state index contributed by atoms with van der Waals surface area (Å²) < 4.78 is 1.71. The van der Waals surface area contributed by atoms with Crippen LogP contribution in [0, 0.1) is 0 Å². The fourth-order valence-corrected chi connectivity index (χ4v) is 3.28. The summed E-state index contributed by atoms with van der Waals surface area (Å²) in [7, 11) is 3.64. The van der Waals surface area contributed by atoms with Crippen LogP contribution in [0.25, 0.3) is 0 Å². The Morgan fingerprint density at radius 2 is 2.09 bits per heavy atom. The van der Waals surface area contributed by atoms with Crippen LogP contribution in [0.1, 0.15) is 11.6 Å². The minimum Gasteiger partial charge on any atom is -0.353 e. The van der Waals surface area contributed by atoms with Gasteiger partial charge in [-0.1, -0.05) is 0 Å². The molecule has 1 fully saturated rings. The van der Waals surface area contributed by atoms with Crippen LogP contribution in [0.3, 0.4) is 0 Å². The van der Waals surface area contributed by atoms with Crippen molar-refractivity contribution in [2.75, 3.05) is 44.7 Å². The first kappa shape index (κ1) is 21.5. The lowest BCUT2D eigenvalue weighted by Gasteiger charge is -2.26. The lowest BCUT2D eigenvalue weighted by atomic mass is 10.1. The second-order valence-electron chi connectivity index (χ2n) is 4.91. The van der Waals surface area contributed by atoms with E-state index in [-0.39, 0.29) is 36.8 Å². The Balaban J connectivity index is 0.00000220. The van der Waals surface area contributed by atoms with Gasteiger partial charge in [0.1, 0.15) is 6.04 Å². The standard InChI is InChI=1S/C13H23N5OS.2ClH/c1-14-12(11-9-16-17(2)10-11)13(19)15-3-4-18-5-7-20-8-6-18;;/h9-10,12,14H,3-8H2,1-2H3,(H,15,19);2*1H. The first-order valence-electron chi connectivity index (χ1n) is 6.94. The Labute approximate surface area is 148 Å². The molecule has 1 saturated heterocycles. The molecule has 1 atom stereocenters. The van der Waals surface area contributed by atoms with E-state index in [0.717, 1.165) is 25.2 Å². The average molecular weight is 370 g/mol. The third kappa shape index (κ3) is 6.34. The van der Waals surface area contributed by atoms with Crippen molar-refractivity contribution in [1.82, 2.24) is 25.3 Å². The zero-order chi connectivity index (χ0) is 14.4. The van der Waals surface area contributed by atoms with Crippen LogP contribution in [-0.2, 0) is 11.8 Å². The Bertz CT molecular complexity index is 440. The smallest absolute Gasteiger partial charge is 0.241 e. The maximum atomic E-state index is 12.2. The topological polar surface area (TPSA) is 62.2 Å². The number of nitrogens with zero attached hydrogens (tertiary/aromatic N) is 3. The molecule has 2 rings (SSSR count). The van der Waals surface area contributed by atoms with E-state index in [0.29, 0.717) is 6.54 Å². The first-order chi connectivity index (χ1) is 9.70. The molecule has 1 aliphatic rings. The number of aryl methyl sites for hydroxylation is 1. The molecule has 9 heteroatoms. The molecular weight excluding hydrogens is 345 g/mol. The summed E-state index contributed by atoms with van der Waals surface area (Å²) in [5.74, 6) is 2.40. The number of carbonyl (C=O) groups excluding carboxylic acids is 1. The van der Waals surface area contributed by atoms with Gasteiger partial charge in [-0.05, 0) is 7.05 Å². The van der Waals surface area contributed by atoms with Gasteiger partial charge < -0.3 is 10.6 Å². The second kappa shape index (κ2) is 11.1. The molecule has 6 nitrogen and oxygen atoms in total. The van der Waals surface area contributed by atoms with Gasteiger partial charge in [0.2, 0.25) is 5.91 Å². The van der Waals surface area contributed by atoms with Gasteiger partial charge in [0.25, 0.3) is 0 Å². The number of halogens is 2. The predicted molar refractivity (Wildman–Crippen MR) is 96.3 cm³/mol. The summed E-state index contributed by atoms with van der Waals surface area (Å²) in [6.45, 7) is 3.87. The van der Waals surface area contributed by atoms with E-state index < -0.39 is 0 Å². The van der Waals surface area contributed by atoms with Crippen LogP contribution in [0.4, 0.5) is 0 Å². The van der Waals surface area contributed by atoms with Crippen LogP contribution in [0.5, 0.6) is 0 Å². The van der Waals surface area contributed by atoms with Crippen molar-refractivity contribution in [3.63, 3.8) is 0 Å². The normalized spacial score (nSPS) is 16.3. The molecule has 1 aliphatic heterocycles. The minimum atomic E-state index is -0.333. The molecule has 1 aromatic rings. The zero-order valence-electron chi connectivity index (χ0n) is 12.9. The van der Waals surface area contributed by atoms with Crippen molar-refractivity contribution in [1.29, 1.82) is 0 Å². The highest BCUT2D eigenvalue weighted by atomic mass is 35.5. The highest BCUT2D eigenvalue weighted by Gasteiger charge is 2.20. The van der Waals surface area contributed by atoms with E-state index in [1.54, 1.807) is 17.9 Å². The number of rotatable bonds is 6. The zero-order valence-corrected chi connectivity index (χ0v) is 15.4. The second-order valence-corrected chi connectivity index (χ2v) is 6.14. The van der Waals surface area contributed by atoms with Gasteiger partial charge in [-0.3, -0.25) is 14.4 Å². The summed E-state index contributed by atoms with van der Waals surface area (Å²) in [5, 5.41) is 10.1. The Morgan fingerprint density at radius 3 is 2.64 bits per heavy atom. The Kier molecular flexibility index (Phi) is 10.9. The molecule has 0 spiro atoms. The van der Waals surface area contributed by atoms with Gasteiger partial charge in [-0.15, -0.1) is 24.8 Å². The molecule has 2 heterocycles. The number of thioether (sulfide) groups is 1. The van der Waals surface area contributed by atoms with Gasteiger partial charge in [-0.2, -0.15) is 16.9 Å². The SMILES string of the molecule is CNC(C(=O)NCCN1CCSCC1)c1cnn(C)c1.Cl.Cl. The molecule has 0 saturated carbocycles. The van der Waals surface area contributed by atoms with E-state index in [4.69, 9.17) is 0 Å². The largest absolute Gasteiger partial charge is 0.353 e. The van der Waals surface area contributed by atoms with Crippen molar-refractivity contribution in [3.05, 3.63) is 18.0 Å². The lowest BCUT2D eigenvalue weighted by Crippen LogP contribution is -2.42. The monoisotopic (exact) mass is 369 g/mol. The average Bonchev–Trinajstić information content (AvgIpc) is 2.87. The highest BCUT2D eigenvalue weighted by molar-refractivity contribution is 7.99. The predicted octanol–water partition coefficient (Wildman–Crippen LogP) is 0.689. The van der Waals surface area contributed by atoms with Crippen LogP contribution in [-0.4, -0.2) is 65.3 Å². The fourth-order valence-electron chi connectivity index (χ4n) is 2.30. The van der Waals surface area contributed by atoms with Crippen molar-refractivity contribution >= 4 is 42.5 Å². The molecular formula is C13H25Cl2N5OS. The van der Waals surface area contributed by atoms with Crippen molar-refractivity contribution < 1.29 is 4.79 Å². The van der Waals surface area contributed by atoms with Crippen LogP contribution in [0.2, 0.25) is 0 Å². The summed E-state index contributed by atoms with van der Waals surface area (Å²) in [5.41, 5.74) is 0.891. The number of likely N-dealkylation sites (N-methyl/N-ethyl adjacent to an activating group) is 1. The van der Waals surface area contributed by atoms with Crippen LogP contribution >= 0.6 is 36.6 Å². The number of carbonyl (C=O) groups is 1. The van der Waals surface area contributed by atoms with Gasteiger partial charge in [0, 0.05) is 56.5 Å². The van der Waals surface area contributed by atoms with Crippen molar-refractivity contribution in [2.45, 2.75) is 6.04 Å². The van der Waals surface area contributed by atoms with Crippen LogP contribution in [0.15, 0.2) is 12.4 Å². The van der Waals surface area contributed by atoms with E-state index in [1.807, 2.05) is 25.0 Å². The van der Waals surface area contributed by atoms with E-state index in [1.165, 1.54) is 11.5 Å². The molecule has 2 N–H and O–H groups in total. The van der Waals surface area contributed by atoms with Crippen LogP contribution < -0.4 is 10.6 Å². The van der Waals surface area contributed by atoms with E-state index >= 15 is 0 Å². The van der Waals surface area contributed by atoms with Crippen molar-refractivity contribution in [2.24, 2.45) is 7.05 Å². The Morgan fingerprint density at radius 1 is 1.41 bits per heavy atom. The number of nitrogens with one attached hydrogen (secondary N) is 2. The maximum Gasteiger partial charge on any atom is 0.241 e. The van der Waals surface area contributed by atoms with E-state index in [9.17, 15) is 4.79 Å². The lowest BCUT2D eigenvalue weighted by molar-refractivity contribution is -0.123. The maximum absolute atomic E-state index is 12.2. The molecule has 1 unspecified atom stereocenters. The molecule has 0 aromatic carbocycles. The van der Waals surface area contributed by atoms with Gasteiger partial charge in [0.15, 0.2) is 0 Å². The van der Waals surface area contributed by atoms with Gasteiger partial charge >= 0.3 is 0 Å². The third-order valence-electron chi connectivity index (χ3n) is 3.44.